The minimum absolute atomic E-state index is 0.535. The van der Waals surface area contributed by atoms with E-state index >= 15 is 0 Å². The van der Waals surface area contributed by atoms with E-state index in [-0.39, 0.29) is 0 Å². The maximum atomic E-state index is 5.52. The van der Waals surface area contributed by atoms with Crippen LogP contribution in [0.1, 0.15) is 0 Å². The zero-order chi connectivity index (χ0) is 10.7. The molecule has 0 bridgehead atoms. The van der Waals surface area contributed by atoms with Crippen molar-refractivity contribution in [2.75, 3.05) is 12.8 Å². The highest BCUT2D eigenvalue weighted by molar-refractivity contribution is 5.64. The van der Waals surface area contributed by atoms with Gasteiger partial charge in [-0.3, -0.25) is 0 Å². The summed E-state index contributed by atoms with van der Waals surface area (Å²) >= 11 is 0. The molecule has 0 fully saturated rings. The molecular weight excluding hydrogens is 188 g/mol. The van der Waals surface area contributed by atoms with Crippen molar-refractivity contribution >= 4 is 5.82 Å². The zero-order valence-electron chi connectivity index (χ0n) is 8.47. The number of ether oxygens (including phenoxy) is 1. The molecule has 3 nitrogen and oxygen atoms in total. The highest BCUT2D eigenvalue weighted by Gasteiger charge is 1.98. The third-order valence-corrected chi connectivity index (χ3v) is 2.21. The molecule has 15 heavy (non-hydrogen) atoms. The van der Waals surface area contributed by atoms with E-state index in [1.54, 1.807) is 19.4 Å². The van der Waals surface area contributed by atoms with Gasteiger partial charge in [-0.25, -0.2) is 4.98 Å². The van der Waals surface area contributed by atoms with E-state index in [4.69, 9.17) is 10.5 Å². The van der Waals surface area contributed by atoms with Gasteiger partial charge in [0.2, 0.25) is 0 Å². The third-order valence-electron chi connectivity index (χ3n) is 2.21. The standard InChI is InChI=1S/C12H12N2O/c1-15-11-5-2-9(3-6-11)10-4-7-12(13)14-8-10/h2-8H,1H3,(H2,13,14). The van der Waals surface area contributed by atoms with E-state index < -0.39 is 0 Å². The minimum atomic E-state index is 0.535. The summed E-state index contributed by atoms with van der Waals surface area (Å²) in [5.41, 5.74) is 7.67. The summed E-state index contributed by atoms with van der Waals surface area (Å²) in [5.74, 6) is 1.38. The molecule has 2 aromatic rings. The molecule has 0 atom stereocenters. The van der Waals surface area contributed by atoms with E-state index in [9.17, 15) is 0 Å². The SMILES string of the molecule is COc1ccc(-c2ccc(N)nc2)cc1. The van der Waals surface area contributed by atoms with Crippen molar-refractivity contribution in [3.8, 4) is 16.9 Å². The fourth-order valence-electron chi connectivity index (χ4n) is 1.36. The van der Waals surface area contributed by atoms with Crippen LogP contribution in [0, 0.1) is 0 Å². The molecule has 0 saturated carbocycles. The summed E-state index contributed by atoms with van der Waals surface area (Å²) in [6, 6.07) is 11.6. The summed E-state index contributed by atoms with van der Waals surface area (Å²) in [6.45, 7) is 0. The molecule has 0 aliphatic rings. The van der Waals surface area contributed by atoms with Gasteiger partial charge in [0.1, 0.15) is 11.6 Å². The van der Waals surface area contributed by atoms with Crippen LogP contribution >= 0.6 is 0 Å². The first-order valence-corrected chi connectivity index (χ1v) is 4.65. The van der Waals surface area contributed by atoms with Crippen LogP contribution in [0.3, 0.4) is 0 Å². The second-order valence-electron chi connectivity index (χ2n) is 3.20. The van der Waals surface area contributed by atoms with Crippen LogP contribution in [0.25, 0.3) is 11.1 Å². The van der Waals surface area contributed by atoms with E-state index in [0.29, 0.717) is 5.82 Å². The van der Waals surface area contributed by atoms with Crippen molar-refractivity contribution in [3.05, 3.63) is 42.6 Å². The molecule has 0 amide bonds. The van der Waals surface area contributed by atoms with Crippen LogP contribution in [-0.2, 0) is 0 Å². The van der Waals surface area contributed by atoms with Crippen LogP contribution in [0.15, 0.2) is 42.6 Å². The van der Waals surface area contributed by atoms with Gasteiger partial charge in [-0.2, -0.15) is 0 Å². The fourth-order valence-corrected chi connectivity index (χ4v) is 1.36. The van der Waals surface area contributed by atoms with Gasteiger partial charge in [0, 0.05) is 11.8 Å². The Morgan fingerprint density at radius 2 is 1.67 bits per heavy atom. The fraction of sp³-hybridized carbons (Fsp3) is 0.0833. The Morgan fingerprint density at radius 1 is 1.00 bits per heavy atom. The number of rotatable bonds is 2. The summed E-state index contributed by atoms with van der Waals surface area (Å²) < 4.78 is 5.09. The average Bonchev–Trinajstić information content (AvgIpc) is 2.30. The monoisotopic (exact) mass is 200 g/mol. The second kappa shape index (κ2) is 4.00. The van der Waals surface area contributed by atoms with Gasteiger partial charge in [-0.15, -0.1) is 0 Å². The van der Waals surface area contributed by atoms with Crippen LogP contribution in [0.4, 0.5) is 5.82 Å². The Bertz CT molecular complexity index is 434. The largest absolute Gasteiger partial charge is 0.497 e. The van der Waals surface area contributed by atoms with E-state index in [1.165, 1.54) is 0 Å². The molecular formula is C12H12N2O. The van der Waals surface area contributed by atoms with Gasteiger partial charge in [0.15, 0.2) is 0 Å². The van der Waals surface area contributed by atoms with Gasteiger partial charge >= 0.3 is 0 Å². The number of benzene rings is 1. The number of anilines is 1. The number of nitrogens with zero attached hydrogens (tertiary/aromatic N) is 1. The topological polar surface area (TPSA) is 48.1 Å². The van der Waals surface area contributed by atoms with Crippen LogP contribution < -0.4 is 10.5 Å². The highest BCUT2D eigenvalue weighted by Crippen LogP contribution is 2.21. The predicted molar refractivity (Wildman–Crippen MR) is 60.6 cm³/mol. The molecule has 1 aromatic heterocycles. The van der Waals surface area contributed by atoms with Crippen molar-refractivity contribution in [3.63, 3.8) is 0 Å². The first kappa shape index (κ1) is 9.52. The average molecular weight is 200 g/mol. The molecule has 0 unspecified atom stereocenters. The van der Waals surface area contributed by atoms with Crippen molar-refractivity contribution in [1.29, 1.82) is 0 Å². The van der Waals surface area contributed by atoms with Gasteiger partial charge in [-0.05, 0) is 29.8 Å². The lowest BCUT2D eigenvalue weighted by atomic mass is 10.1. The maximum Gasteiger partial charge on any atom is 0.123 e. The molecule has 0 aliphatic heterocycles. The van der Waals surface area contributed by atoms with Crippen molar-refractivity contribution in [2.45, 2.75) is 0 Å². The lowest BCUT2D eigenvalue weighted by molar-refractivity contribution is 0.415. The number of aromatic nitrogens is 1. The molecule has 0 aliphatic carbocycles. The zero-order valence-corrected chi connectivity index (χ0v) is 8.47. The van der Waals surface area contributed by atoms with E-state index in [1.807, 2.05) is 30.3 Å². The molecule has 1 aromatic carbocycles. The van der Waals surface area contributed by atoms with E-state index in [2.05, 4.69) is 4.98 Å². The van der Waals surface area contributed by atoms with Crippen LogP contribution in [0.5, 0.6) is 5.75 Å². The first-order chi connectivity index (χ1) is 7.29. The Hall–Kier alpha value is -2.03. The van der Waals surface area contributed by atoms with Crippen molar-refractivity contribution in [1.82, 2.24) is 4.98 Å². The molecule has 2 rings (SSSR count). The lowest BCUT2D eigenvalue weighted by Crippen LogP contribution is -1.89. The van der Waals surface area contributed by atoms with Crippen LogP contribution in [-0.4, -0.2) is 12.1 Å². The number of hydrogen-bond acceptors (Lipinski definition) is 3. The minimum Gasteiger partial charge on any atom is -0.497 e. The summed E-state index contributed by atoms with van der Waals surface area (Å²) in [4.78, 5) is 4.04. The smallest absolute Gasteiger partial charge is 0.123 e. The third kappa shape index (κ3) is 2.07. The van der Waals surface area contributed by atoms with Crippen molar-refractivity contribution in [2.24, 2.45) is 0 Å². The normalized spacial score (nSPS) is 9.93. The molecule has 0 spiro atoms. The Kier molecular flexibility index (Phi) is 2.54. The van der Waals surface area contributed by atoms with Gasteiger partial charge in [0.25, 0.3) is 0 Å². The first-order valence-electron chi connectivity index (χ1n) is 4.65. The lowest BCUT2D eigenvalue weighted by Gasteiger charge is -2.03. The summed E-state index contributed by atoms with van der Waals surface area (Å²) in [5, 5.41) is 0. The Balaban J connectivity index is 2.33. The summed E-state index contributed by atoms with van der Waals surface area (Å²) in [6.07, 6.45) is 1.76. The molecule has 3 heteroatoms. The van der Waals surface area contributed by atoms with E-state index in [0.717, 1.165) is 16.9 Å². The highest BCUT2D eigenvalue weighted by atomic mass is 16.5. The maximum absolute atomic E-state index is 5.52. The molecule has 0 radical (unpaired) electrons. The molecule has 76 valence electrons. The number of nitrogen functional groups attached to an aromatic ring is 1. The Labute approximate surface area is 88.5 Å². The van der Waals surface area contributed by atoms with Crippen LogP contribution in [0.2, 0.25) is 0 Å². The molecule has 1 heterocycles. The predicted octanol–water partition coefficient (Wildman–Crippen LogP) is 2.34. The second-order valence-corrected chi connectivity index (χ2v) is 3.20. The number of pyridine rings is 1. The number of nitrogens with two attached hydrogens (primary N) is 1. The molecule has 0 saturated heterocycles. The van der Waals surface area contributed by atoms with Crippen molar-refractivity contribution < 1.29 is 4.74 Å². The quantitative estimate of drug-likeness (QED) is 0.809. The number of hydrogen-bond donors (Lipinski definition) is 1. The number of methoxy groups -OCH3 is 1. The van der Waals surface area contributed by atoms with Gasteiger partial charge in [-0.1, -0.05) is 12.1 Å². The Morgan fingerprint density at radius 3 is 2.20 bits per heavy atom. The molecule has 2 N–H and O–H groups in total. The summed E-state index contributed by atoms with van der Waals surface area (Å²) in [7, 11) is 1.65. The van der Waals surface area contributed by atoms with Gasteiger partial charge < -0.3 is 10.5 Å². The van der Waals surface area contributed by atoms with Gasteiger partial charge in [0.05, 0.1) is 7.11 Å².